The van der Waals surface area contributed by atoms with Gasteiger partial charge < -0.3 is 14.5 Å². The largest absolute Gasteiger partial charge is 0.497 e. The average Bonchev–Trinajstić information content (AvgIpc) is 3.17. The summed E-state index contributed by atoms with van der Waals surface area (Å²) in [5.41, 5.74) is 1.19. The van der Waals surface area contributed by atoms with Crippen molar-refractivity contribution in [2.45, 2.75) is 31.8 Å². The lowest BCUT2D eigenvalue weighted by atomic mass is 10.0. The number of pyridine rings is 1. The number of benzene rings is 2. The van der Waals surface area contributed by atoms with Gasteiger partial charge in [0.25, 0.3) is 0 Å². The van der Waals surface area contributed by atoms with Gasteiger partial charge in [-0.15, -0.1) is 0 Å². The van der Waals surface area contributed by atoms with Crippen molar-refractivity contribution in [1.82, 2.24) is 4.98 Å². The zero-order valence-electron chi connectivity index (χ0n) is 14.5. The number of ether oxygens (including phenoxy) is 2. The van der Waals surface area contributed by atoms with Crippen molar-refractivity contribution in [2.75, 3.05) is 7.11 Å². The van der Waals surface area contributed by atoms with E-state index in [1.807, 2.05) is 0 Å². The fraction of sp³-hybridized carbons (Fsp3) is 0.286. The van der Waals surface area contributed by atoms with Crippen LogP contribution in [0.2, 0.25) is 0 Å². The Hall–Kier alpha value is -2.82. The van der Waals surface area contributed by atoms with E-state index >= 15 is 0 Å². The van der Waals surface area contributed by atoms with Gasteiger partial charge in [0.05, 0.1) is 24.1 Å². The van der Waals surface area contributed by atoms with Crippen molar-refractivity contribution in [1.29, 1.82) is 0 Å². The SMILES string of the molecule is COc1ccc(-c2c[nH]c3c(OC4CCCC4)ccc(F)c3c2=O)cc1. The first kappa shape index (κ1) is 16.6. The van der Waals surface area contributed by atoms with Crippen LogP contribution < -0.4 is 14.9 Å². The number of halogens is 1. The molecule has 0 atom stereocenters. The van der Waals surface area contributed by atoms with Gasteiger partial charge in [-0.2, -0.15) is 0 Å². The Morgan fingerprint density at radius 3 is 2.50 bits per heavy atom. The Balaban J connectivity index is 1.81. The van der Waals surface area contributed by atoms with Gasteiger partial charge in [0.2, 0.25) is 0 Å². The van der Waals surface area contributed by atoms with E-state index in [0.717, 1.165) is 25.7 Å². The molecule has 1 aliphatic rings. The summed E-state index contributed by atoms with van der Waals surface area (Å²) in [6.45, 7) is 0. The smallest absolute Gasteiger partial charge is 0.200 e. The Labute approximate surface area is 150 Å². The van der Waals surface area contributed by atoms with Gasteiger partial charge in [0.1, 0.15) is 17.3 Å². The Morgan fingerprint density at radius 2 is 1.81 bits per heavy atom. The molecule has 4 rings (SSSR count). The van der Waals surface area contributed by atoms with E-state index in [-0.39, 0.29) is 16.9 Å². The van der Waals surface area contributed by atoms with Gasteiger partial charge in [-0.3, -0.25) is 4.79 Å². The van der Waals surface area contributed by atoms with Gasteiger partial charge in [-0.1, -0.05) is 12.1 Å². The van der Waals surface area contributed by atoms with Crippen LogP contribution in [0.15, 0.2) is 47.4 Å². The highest BCUT2D eigenvalue weighted by atomic mass is 19.1. The van der Waals surface area contributed by atoms with Crippen LogP contribution in [0.5, 0.6) is 11.5 Å². The zero-order chi connectivity index (χ0) is 18.1. The van der Waals surface area contributed by atoms with E-state index in [1.54, 1.807) is 43.6 Å². The van der Waals surface area contributed by atoms with Crippen molar-refractivity contribution >= 4 is 10.9 Å². The molecular formula is C21H20FNO3. The van der Waals surface area contributed by atoms with Gasteiger partial charge in [-0.25, -0.2) is 4.39 Å². The predicted octanol–water partition coefficient (Wildman–Crippen LogP) is 4.66. The predicted molar refractivity (Wildman–Crippen MR) is 99.4 cm³/mol. The highest BCUT2D eigenvalue weighted by Crippen LogP contribution is 2.30. The Bertz CT molecular complexity index is 989. The van der Waals surface area contributed by atoms with Crippen molar-refractivity contribution in [2.24, 2.45) is 0 Å². The van der Waals surface area contributed by atoms with Crippen LogP contribution in [0, 0.1) is 5.82 Å². The maximum absolute atomic E-state index is 14.5. The number of hydrogen-bond donors (Lipinski definition) is 1. The molecule has 2 aromatic carbocycles. The summed E-state index contributed by atoms with van der Waals surface area (Å²) in [5, 5.41) is 0.0359. The van der Waals surface area contributed by atoms with Crippen LogP contribution in [0.4, 0.5) is 4.39 Å². The zero-order valence-corrected chi connectivity index (χ0v) is 14.5. The van der Waals surface area contributed by atoms with Crippen LogP contribution >= 0.6 is 0 Å². The summed E-state index contributed by atoms with van der Waals surface area (Å²) < 4.78 is 25.6. The van der Waals surface area contributed by atoms with Crippen LogP contribution in [-0.2, 0) is 0 Å². The molecule has 1 N–H and O–H groups in total. The molecular weight excluding hydrogens is 333 g/mol. The Morgan fingerprint density at radius 1 is 1.08 bits per heavy atom. The van der Waals surface area contributed by atoms with E-state index in [2.05, 4.69) is 4.98 Å². The second-order valence-corrected chi connectivity index (χ2v) is 6.58. The summed E-state index contributed by atoms with van der Waals surface area (Å²) in [7, 11) is 1.58. The molecule has 26 heavy (non-hydrogen) atoms. The first-order chi connectivity index (χ1) is 12.7. The second-order valence-electron chi connectivity index (χ2n) is 6.58. The lowest BCUT2D eigenvalue weighted by Crippen LogP contribution is -2.14. The first-order valence-electron chi connectivity index (χ1n) is 8.82. The van der Waals surface area contributed by atoms with Crippen LogP contribution in [0.3, 0.4) is 0 Å². The summed E-state index contributed by atoms with van der Waals surface area (Å²) in [5.74, 6) is 0.687. The number of H-pyrrole nitrogens is 1. The molecule has 0 unspecified atom stereocenters. The lowest BCUT2D eigenvalue weighted by molar-refractivity contribution is 0.212. The third-order valence-corrected chi connectivity index (χ3v) is 4.95. The molecule has 1 heterocycles. The van der Waals surface area contributed by atoms with Crippen molar-refractivity contribution in [3.05, 3.63) is 58.6 Å². The molecule has 3 aromatic rings. The van der Waals surface area contributed by atoms with Crippen LogP contribution in [0.1, 0.15) is 25.7 Å². The minimum absolute atomic E-state index is 0.0359. The van der Waals surface area contributed by atoms with E-state index in [0.29, 0.717) is 28.1 Å². The number of rotatable bonds is 4. The fourth-order valence-corrected chi connectivity index (χ4v) is 3.54. The summed E-state index contributed by atoms with van der Waals surface area (Å²) in [4.78, 5) is 16.0. The van der Waals surface area contributed by atoms with E-state index in [4.69, 9.17) is 9.47 Å². The molecule has 0 amide bonds. The topological polar surface area (TPSA) is 51.3 Å². The third-order valence-electron chi connectivity index (χ3n) is 4.95. The minimum Gasteiger partial charge on any atom is -0.497 e. The number of aromatic amines is 1. The molecule has 4 nitrogen and oxygen atoms in total. The summed E-state index contributed by atoms with van der Waals surface area (Å²) in [6.07, 6.45) is 6.02. The van der Waals surface area contributed by atoms with E-state index in [1.165, 1.54) is 6.07 Å². The highest BCUT2D eigenvalue weighted by Gasteiger charge is 2.20. The van der Waals surface area contributed by atoms with Gasteiger partial charge >= 0.3 is 0 Å². The van der Waals surface area contributed by atoms with Gasteiger partial charge in [0, 0.05) is 11.8 Å². The number of aromatic nitrogens is 1. The molecule has 134 valence electrons. The van der Waals surface area contributed by atoms with Gasteiger partial charge in [0.15, 0.2) is 5.43 Å². The first-order valence-corrected chi connectivity index (χ1v) is 8.82. The maximum atomic E-state index is 14.5. The van der Waals surface area contributed by atoms with Gasteiger partial charge in [-0.05, 0) is 55.5 Å². The molecule has 0 spiro atoms. The molecule has 5 heteroatoms. The fourth-order valence-electron chi connectivity index (χ4n) is 3.54. The maximum Gasteiger partial charge on any atom is 0.200 e. The molecule has 1 aliphatic carbocycles. The second kappa shape index (κ2) is 6.83. The molecule has 0 bridgehead atoms. The highest BCUT2D eigenvalue weighted by molar-refractivity contribution is 5.88. The van der Waals surface area contributed by atoms with Crippen LogP contribution in [0.25, 0.3) is 22.0 Å². The van der Waals surface area contributed by atoms with E-state index in [9.17, 15) is 9.18 Å². The number of nitrogens with one attached hydrogen (secondary N) is 1. The normalized spacial score (nSPS) is 14.7. The molecule has 0 saturated heterocycles. The molecule has 0 aliphatic heterocycles. The number of fused-ring (bicyclic) bond motifs is 1. The molecule has 1 saturated carbocycles. The molecule has 1 fully saturated rings. The monoisotopic (exact) mass is 353 g/mol. The van der Waals surface area contributed by atoms with Crippen molar-refractivity contribution in [3.63, 3.8) is 0 Å². The lowest BCUT2D eigenvalue weighted by Gasteiger charge is -2.15. The quantitative estimate of drug-likeness (QED) is 0.742. The summed E-state index contributed by atoms with van der Waals surface area (Å²) >= 11 is 0. The molecule has 0 radical (unpaired) electrons. The van der Waals surface area contributed by atoms with Crippen molar-refractivity contribution < 1.29 is 13.9 Å². The average molecular weight is 353 g/mol. The Kier molecular flexibility index (Phi) is 4.37. The number of methoxy groups -OCH3 is 1. The third kappa shape index (κ3) is 2.94. The van der Waals surface area contributed by atoms with Crippen molar-refractivity contribution in [3.8, 4) is 22.6 Å². The minimum atomic E-state index is -0.546. The van der Waals surface area contributed by atoms with Crippen LogP contribution in [-0.4, -0.2) is 18.2 Å². The molecule has 1 aromatic heterocycles. The standard InChI is InChI=1S/C21H20FNO3/c1-25-14-8-6-13(7-9-14)16-12-23-20-18(26-15-4-2-3-5-15)11-10-17(22)19(20)21(16)24/h6-12,15H,2-5H2,1H3,(H,23,24). The number of hydrogen-bond acceptors (Lipinski definition) is 3. The van der Waals surface area contributed by atoms with E-state index < -0.39 is 5.82 Å². The summed E-state index contributed by atoms with van der Waals surface area (Å²) in [6, 6.07) is 10.0.